The minimum atomic E-state index is 0.347. The van der Waals surface area contributed by atoms with Crippen molar-refractivity contribution in [3.63, 3.8) is 0 Å². The van der Waals surface area contributed by atoms with Crippen LogP contribution in [0, 0.1) is 99.6 Å². The summed E-state index contributed by atoms with van der Waals surface area (Å²) in [5, 5.41) is 0. The average Bonchev–Trinajstić information content (AvgIpc) is 2.91. The lowest BCUT2D eigenvalue weighted by Gasteiger charge is -2.79. The Morgan fingerprint density at radius 1 is 0.567 bits per heavy atom. The zero-order valence-corrected chi connectivity index (χ0v) is 22.5. The molecule has 15 unspecified atom stereocenters. The normalized spacial score (nSPS) is 68.1. The predicted molar refractivity (Wildman–Crippen MR) is 130 cm³/mol. The van der Waals surface area contributed by atoms with Crippen LogP contribution in [0.15, 0.2) is 0 Å². The third kappa shape index (κ3) is 2.17. The van der Waals surface area contributed by atoms with Crippen molar-refractivity contribution < 1.29 is 0 Å². The lowest BCUT2D eigenvalue weighted by atomic mass is 9.25. The van der Waals surface area contributed by atoms with Crippen molar-refractivity contribution in [1.29, 1.82) is 0 Å². The van der Waals surface area contributed by atoms with Gasteiger partial charge < -0.3 is 0 Å². The lowest BCUT2D eigenvalue weighted by molar-refractivity contribution is -0.307. The first-order valence-electron chi connectivity index (χ1n) is 13.3. The van der Waals surface area contributed by atoms with Gasteiger partial charge >= 0.3 is 0 Å². The number of fused-ring (bicyclic) bond motifs is 5. The van der Waals surface area contributed by atoms with Crippen LogP contribution in [-0.4, -0.2) is 0 Å². The Labute approximate surface area is 189 Å². The van der Waals surface area contributed by atoms with Crippen LogP contribution in [-0.2, 0) is 0 Å². The van der Waals surface area contributed by atoms with Crippen LogP contribution >= 0.6 is 0 Å². The standard InChI is InChI=1S/C30H52/c1-16-14-25-26-20(5)23(8)29(12)22(7)18(3)19(4)24(9)30(29,13)28(26,11)17(2)15-27(25,10)21(16)6/h14-26H,1-13H3. The Kier molecular flexibility index (Phi) is 5.04. The van der Waals surface area contributed by atoms with E-state index in [0.717, 1.165) is 59.2 Å². The Bertz CT molecular complexity index is 694. The molecular formula is C30H52. The van der Waals surface area contributed by atoms with Gasteiger partial charge in [-0.2, -0.15) is 0 Å². The van der Waals surface area contributed by atoms with E-state index in [1.165, 1.54) is 0 Å². The van der Waals surface area contributed by atoms with Gasteiger partial charge in [0.25, 0.3) is 0 Å². The zero-order chi connectivity index (χ0) is 22.8. The molecule has 4 aliphatic carbocycles. The molecule has 4 rings (SSSR count). The number of rotatable bonds is 0. The molecule has 15 atom stereocenters. The third-order valence-electron chi connectivity index (χ3n) is 14.4. The van der Waals surface area contributed by atoms with E-state index >= 15 is 0 Å². The van der Waals surface area contributed by atoms with E-state index in [0.29, 0.717) is 27.6 Å². The molecule has 0 nitrogen and oxygen atoms in total. The van der Waals surface area contributed by atoms with Gasteiger partial charge in [-0.1, -0.05) is 90.0 Å². The zero-order valence-electron chi connectivity index (χ0n) is 22.5. The van der Waals surface area contributed by atoms with Gasteiger partial charge in [0.1, 0.15) is 0 Å². The summed E-state index contributed by atoms with van der Waals surface area (Å²) in [6.07, 6.45) is 5.68. The topological polar surface area (TPSA) is 0 Å². The molecular weight excluding hydrogens is 360 g/mol. The maximum atomic E-state index is 2.87. The second kappa shape index (κ2) is 6.53. The van der Waals surface area contributed by atoms with Gasteiger partial charge in [-0.3, -0.25) is 0 Å². The van der Waals surface area contributed by atoms with E-state index < -0.39 is 0 Å². The molecule has 0 aliphatic heterocycles. The van der Waals surface area contributed by atoms with Crippen molar-refractivity contribution >= 4 is 0 Å². The maximum absolute atomic E-state index is 2.87. The fourth-order valence-electron chi connectivity index (χ4n) is 11.2. The minimum Gasteiger partial charge on any atom is -0.0620 e. The summed E-state index contributed by atoms with van der Waals surface area (Å²) < 4.78 is 0. The molecule has 0 heterocycles. The van der Waals surface area contributed by atoms with Crippen LogP contribution in [0.25, 0.3) is 0 Å². The molecule has 2 radical (unpaired) electrons. The molecule has 4 fully saturated rings. The second-order valence-electron chi connectivity index (χ2n) is 13.9. The van der Waals surface area contributed by atoms with Crippen molar-refractivity contribution in [3.05, 3.63) is 12.8 Å². The van der Waals surface area contributed by atoms with E-state index in [1.807, 2.05) is 0 Å². The summed E-state index contributed by atoms with van der Waals surface area (Å²) in [4.78, 5) is 0. The van der Waals surface area contributed by atoms with Crippen molar-refractivity contribution in [2.45, 2.75) is 90.0 Å². The SMILES string of the molecule is CC1[CH]C2C3C(C)C(C)C4(C)C(C)C(C)C(C)C(C)C4(C)C3(C)C(C)[CH]C2(C)C1C. The highest BCUT2D eigenvalue weighted by atomic mass is 14.8. The molecule has 0 saturated heterocycles. The van der Waals surface area contributed by atoms with Gasteiger partial charge in [0, 0.05) is 0 Å². The van der Waals surface area contributed by atoms with Gasteiger partial charge in [-0.05, 0) is 99.6 Å². The third-order valence-corrected chi connectivity index (χ3v) is 14.4. The monoisotopic (exact) mass is 412 g/mol. The van der Waals surface area contributed by atoms with Crippen molar-refractivity contribution in [1.82, 2.24) is 0 Å². The summed E-state index contributed by atoms with van der Waals surface area (Å²) in [6.45, 7) is 34.2. The average molecular weight is 413 g/mol. The Morgan fingerprint density at radius 2 is 1.07 bits per heavy atom. The molecule has 0 heteroatoms. The fourth-order valence-corrected chi connectivity index (χ4v) is 11.2. The summed E-state index contributed by atoms with van der Waals surface area (Å²) in [6, 6.07) is 0. The quantitative estimate of drug-likeness (QED) is 0.374. The van der Waals surface area contributed by atoms with E-state index in [1.54, 1.807) is 0 Å². The molecule has 30 heavy (non-hydrogen) atoms. The molecule has 0 aromatic heterocycles. The Balaban J connectivity index is 1.96. The minimum absolute atomic E-state index is 0.347. The molecule has 4 aliphatic rings. The van der Waals surface area contributed by atoms with Crippen LogP contribution in [0.5, 0.6) is 0 Å². The van der Waals surface area contributed by atoms with Gasteiger partial charge in [-0.15, -0.1) is 0 Å². The van der Waals surface area contributed by atoms with E-state index in [-0.39, 0.29) is 0 Å². The van der Waals surface area contributed by atoms with Crippen molar-refractivity contribution in [3.8, 4) is 0 Å². The number of hydrogen-bond acceptors (Lipinski definition) is 0. The van der Waals surface area contributed by atoms with Crippen LogP contribution in [0.1, 0.15) is 90.0 Å². The summed E-state index contributed by atoms with van der Waals surface area (Å²) in [7, 11) is 0. The van der Waals surface area contributed by atoms with Crippen LogP contribution in [0.4, 0.5) is 0 Å². The van der Waals surface area contributed by atoms with Crippen molar-refractivity contribution in [2.24, 2.45) is 86.8 Å². The first-order chi connectivity index (χ1) is 13.6. The van der Waals surface area contributed by atoms with Crippen LogP contribution in [0.3, 0.4) is 0 Å². The highest BCUT2D eigenvalue weighted by molar-refractivity contribution is 5.29. The lowest BCUT2D eigenvalue weighted by Crippen LogP contribution is -2.74. The van der Waals surface area contributed by atoms with E-state index in [2.05, 4.69) is 103 Å². The van der Waals surface area contributed by atoms with Gasteiger partial charge in [-0.25, -0.2) is 0 Å². The van der Waals surface area contributed by atoms with Gasteiger partial charge in [0.15, 0.2) is 0 Å². The van der Waals surface area contributed by atoms with Crippen LogP contribution in [0.2, 0.25) is 0 Å². The van der Waals surface area contributed by atoms with Gasteiger partial charge in [0.05, 0.1) is 0 Å². The molecule has 4 saturated carbocycles. The molecule has 0 bridgehead atoms. The molecule has 0 N–H and O–H groups in total. The molecule has 0 spiro atoms. The predicted octanol–water partition coefficient (Wildman–Crippen LogP) is 8.43. The second-order valence-corrected chi connectivity index (χ2v) is 13.9. The summed E-state index contributed by atoms with van der Waals surface area (Å²) in [5.41, 5.74) is 1.44. The number of hydrogen-bond donors (Lipinski definition) is 0. The van der Waals surface area contributed by atoms with E-state index in [4.69, 9.17) is 0 Å². The maximum Gasteiger partial charge on any atom is -0.0179 e. The van der Waals surface area contributed by atoms with Gasteiger partial charge in [0.2, 0.25) is 0 Å². The highest BCUT2D eigenvalue weighted by Crippen LogP contribution is 2.81. The first-order valence-corrected chi connectivity index (χ1v) is 13.3. The van der Waals surface area contributed by atoms with E-state index in [9.17, 15) is 0 Å². The Morgan fingerprint density at radius 3 is 1.63 bits per heavy atom. The first kappa shape index (κ1) is 23.2. The molecule has 172 valence electrons. The molecule has 0 aromatic rings. The summed E-state index contributed by atoms with van der Waals surface area (Å²) >= 11 is 0. The summed E-state index contributed by atoms with van der Waals surface area (Å²) in [5.74, 6) is 8.36. The smallest absolute Gasteiger partial charge is 0.0179 e. The molecule has 0 aromatic carbocycles. The largest absolute Gasteiger partial charge is 0.0620 e. The van der Waals surface area contributed by atoms with Crippen molar-refractivity contribution in [2.75, 3.05) is 0 Å². The molecule has 0 amide bonds. The Hall–Kier alpha value is 0. The highest BCUT2D eigenvalue weighted by Gasteiger charge is 2.76. The van der Waals surface area contributed by atoms with Crippen LogP contribution < -0.4 is 0 Å². The fraction of sp³-hybridized carbons (Fsp3) is 0.933.